The van der Waals surface area contributed by atoms with Crippen molar-refractivity contribution in [1.82, 2.24) is 5.16 Å². The van der Waals surface area contributed by atoms with Gasteiger partial charge in [0.2, 0.25) is 0 Å². The molecule has 1 heterocycles. The summed E-state index contributed by atoms with van der Waals surface area (Å²) in [5.74, 6) is 0.199. The maximum atomic E-state index is 11.5. The minimum atomic E-state index is -0.331. The molecule has 1 aromatic heterocycles. The van der Waals surface area contributed by atoms with Crippen molar-refractivity contribution in [3.63, 3.8) is 0 Å². The average molecular weight is 197 g/mol. The zero-order valence-corrected chi connectivity index (χ0v) is 8.79. The number of carbonyl (C=O) groups is 1. The number of esters is 1. The zero-order chi connectivity index (χ0) is 10.6. The Bertz CT molecular complexity index is 317. The lowest BCUT2D eigenvalue weighted by atomic mass is 10.1. The molecular weight excluding hydrogens is 182 g/mol. The summed E-state index contributed by atoms with van der Waals surface area (Å²) in [6.07, 6.45) is 1.49. The van der Waals surface area contributed by atoms with Crippen LogP contribution in [0.5, 0.6) is 0 Å². The largest absolute Gasteiger partial charge is 0.462 e. The lowest BCUT2D eigenvalue weighted by molar-refractivity contribution is 0.0502. The van der Waals surface area contributed by atoms with Crippen LogP contribution >= 0.6 is 0 Å². The summed E-state index contributed by atoms with van der Waals surface area (Å²) >= 11 is 0. The standard InChI is InChI=1S/C10H15NO3/c1-4-6-13-10(12)9-7(3)14-11-8(9)5-2/h4-6H2,1-3H3. The van der Waals surface area contributed by atoms with Gasteiger partial charge in [-0.3, -0.25) is 0 Å². The van der Waals surface area contributed by atoms with Gasteiger partial charge in [0.15, 0.2) is 0 Å². The van der Waals surface area contributed by atoms with E-state index in [-0.39, 0.29) is 5.97 Å². The van der Waals surface area contributed by atoms with Crippen LogP contribution in [0.4, 0.5) is 0 Å². The van der Waals surface area contributed by atoms with Crippen molar-refractivity contribution in [3.05, 3.63) is 17.0 Å². The van der Waals surface area contributed by atoms with Crippen molar-refractivity contribution < 1.29 is 14.1 Å². The monoisotopic (exact) mass is 197 g/mol. The van der Waals surface area contributed by atoms with E-state index in [0.29, 0.717) is 30.0 Å². The number of ether oxygens (including phenoxy) is 1. The molecule has 0 spiro atoms. The normalized spacial score (nSPS) is 10.2. The van der Waals surface area contributed by atoms with Gasteiger partial charge in [0, 0.05) is 0 Å². The number of hydrogen-bond donors (Lipinski definition) is 0. The van der Waals surface area contributed by atoms with Crippen LogP contribution in [0.25, 0.3) is 0 Å². The Morgan fingerprint density at radius 2 is 2.21 bits per heavy atom. The van der Waals surface area contributed by atoms with Gasteiger partial charge in [-0.15, -0.1) is 0 Å². The Balaban J connectivity index is 2.82. The second-order valence-electron chi connectivity index (χ2n) is 3.05. The molecule has 0 aliphatic heterocycles. The highest BCUT2D eigenvalue weighted by molar-refractivity contribution is 5.91. The Morgan fingerprint density at radius 1 is 1.50 bits per heavy atom. The number of rotatable bonds is 4. The molecule has 0 aliphatic rings. The maximum Gasteiger partial charge on any atom is 0.343 e. The summed E-state index contributed by atoms with van der Waals surface area (Å²) in [4.78, 5) is 11.5. The molecule has 4 heteroatoms. The lowest BCUT2D eigenvalue weighted by Crippen LogP contribution is -2.08. The van der Waals surface area contributed by atoms with Gasteiger partial charge in [-0.2, -0.15) is 0 Å². The van der Waals surface area contributed by atoms with Crippen LogP contribution in [0.1, 0.15) is 42.1 Å². The van der Waals surface area contributed by atoms with Crippen molar-refractivity contribution in [2.75, 3.05) is 6.61 Å². The van der Waals surface area contributed by atoms with E-state index < -0.39 is 0 Å². The first-order valence-corrected chi connectivity index (χ1v) is 4.82. The highest BCUT2D eigenvalue weighted by Gasteiger charge is 2.19. The highest BCUT2D eigenvalue weighted by atomic mass is 16.5. The van der Waals surface area contributed by atoms with Gasteiger partial charge in [0.1, 0.15) is 11.3 Å². The molecule has 0 N–H and O–H groups in total. The molecule has 4 nitrogen and oxygen atoms in total. The van der Waals surface area contributed by atoms with Crippen LogP contribution in [-0.4, -0.2) is 17.7 Å². The van der Waals surface area contributed by atoms with Gasteiger partial charge in [0.25, 0.3) is 0 Å². The summed E-state index contributed by atoms with van der Waals surface area (Å²) in [5, 5.41) is 3.79. The van der Waals surface area contributed by atoms with Crippen molar-refractivity contribution in [3.8, 4) is 0 Å². The van der Waals surface area contributed by atoms with Crippen LogP contribution in [0.15, 0.2) is 4.52 Å². The number of hydrogen-bond acceptors (Lipinski definition) is 4. The molecule has 0 aromatic carbocycles. The maximum absolute atomic E-state index is 11.5. The van der Waals surface area contributed by atoms with E-state index in [0.717, 1.165) is 6.42 Å². The van der Waals surface area contributed by atoms with E-state index in [1.807, 2.05) is 13.8 Å². The summed E-state index contributed by atoms with van der Waals surface area (Å²) in [6.45, 7) is 6.03. The van der Waals surface area contributed by atoms with Crippen LogP contribution < -0.4 is 0 Å². The predicted octanol–water partition coefficient (Wildman–Crippen LogP) is 2.11. The summed E-state index contributed by atoms with van der Waals surface area (Å²) < 4.78 is 9.96. The van der Waals surface area contributed by atoms with Gasteiger partial charge in [-0.1, -0.05) is 19.0 Å². The summed E-state index contributed by atoms with van der Waals surface area (Å²) in [5.41, 5.74) is 1.16. The smallest absolute Gasteiger partial charge is 0.343 e. The van der Waals surface area contributed by atoms with Crippen molar-refractivity contribution in [2.24, 2.45) is 0 Å². The Kier molecular flexibility index (Phi) is 3.68. The number of aryl methyl sites for hydroxylation is 2. The lowest BCUT2D eigenvalue weighted by Gasteiger charge is -2.01. The SMILES string of the molecule is CCCOC(=O)c1c(CC)noc1C. The summed E-state index contributed by atoms with van der Waals surface area (Å²) in [7, 11) is 0. The minimum absolute atomic E-state index is 0.331. The number of carbonyl (C=O) groups excluding carboxylic acids is 1. The molecule has 14 heavy (non-hydrogen) atoms. The molecule has 0 atom stereocenters. The van der Waals surface area contributed by atoms with E-state index in [1.165, 1.54) is 0 Å². The van der Waals surface area contributed by atoms with Gasteiger partial charge in [-0.25, -0.2) is 4.79 Å². The molecule has 0 radical (unpaired) electrons. The fourth-order valence-electron chi connectivity index (χ4n) is 1.19. The number of aromatic nitrogens is 1. The molecule has 0 bridgehead atoms. The van der Waals surface area contributed by atoms with Crippen LogP contribution in [-0.2, 0) is 11.2 Å². The molecule has 1 rings (SSSR count). The molecule has 78 valence electrons. The van der Waals surface area contributed by atoms with Crippen LogP contribution in [0, 0.1) is 6.92 Å². The molecular formula is C10H15NO3. The highest BCUT2D eigenvalue weighted by Crippen LogP contribution is 2.15. The quantitative estimate of drug-likeness (QED) is 0.694. The minimum Gasteiger partial charge on any atom is -0.462 e. The number of nitrogens with zero attached hydrogens (tertiary/aromatic N) is 1. The zero-order valence-electron chi connectivity index (χ0n) is 8.79. The topological polar surface area (TPSA) is 52.3 Å². The second kappa shape index (κ2) is 4.79. The predicted molar refractivity (Wildman–Crippen MR) is 51.2 cm³/mol. The molecule has 0 unspecified atom stereocenters. The Hall–Kier alpha value is -1.32. The molecule has 0 aliphatic carbocycles. The first kappa shape index (κ1) is 10.8. The van der Waals surface area contributed by atoms with Crippen molar-refractivity contribution >= 4 is 5.97 Å². The average Bonchev–Trinajstić information content (AvgIpc) is 2.56. The first-order valence-electron chi connectivity index (χ1n) is 4.82. The Labute approximate surface area is 83.2 Å². The van der Waals surface area contributed by atoms with Crippen LogP contribution in [0.3, 0.4) is 0 Å². The van der Waals surface area contributed by atoms with Crippen LogP contribution in [0.2, 0.25) is 0 Å². The van der Waals surface area contributed by atoms with E-state index >= 15 is 0 Å². The third kappa shape index (κ3) is 2.13. The molecule has 0 saturated carbocycles. The first-order chi connectivity index (χ1) is 6.70. The Morgan fingerprint density at radius 3 is 2.79 bits per heavy atom. The van der Waals surface area contributed by atoms with Gasteiger partial charge in [-0.05, 0) is 19.8 Å². The fraction of sp³-hybridized carbons (Fsp3) is 0.600. The van der Waals surface area contributed by atoms with E-state index in [4.69, 9.17) is 9.26 Å². The van der Waals surface area contributed by atoms with Crippen molar-refractivity contribution in [2.45, 2.75) is 33.6 Å². The van der Waals surface area contributed by atoms with Gasteiger partial charge in [0.05, 0.1) is 12.3 Å². The third-order valence-electron chi connectivity index (χ3n) is 1.91. The third-order valence-corrected chi connectivity index (χ3v) is 1.91. The molecule has 0 fully saturated rings. The van der Waals surface area contributed by atoms with E-state index in [2.05, 4.69) is 5.16 Å². The fourth-order valence-corrected chi connectivity index (χ4v) is 1.19. The van der Waals surface area contributed by atoms with E-state index in [1.54, 1.807) is 6.92 Å². The van der Waals surface area contributed by atoms with Gasteiger partial charge >= 0.3 is 5.97 Å². The van der Waals surface area contributed by atoms with Crippen molar-refractivity contribution in [1.29, 1.82) is 0 Å². The summed E-state index contributed by atoms with van der Waals surface area (Å²) in [6, 6.07) is 0. The molecule has 0 saturated heterocycles. The van der Waals surface area contributed by atoms with E-state index in [9.17, 15) is 4.79 Å². The second-order valence-corrected chi connectivity index (χ2v) is 3.05. The van der Waals surface area contributed by atoms with Gasteiger partial charge < -0.3 is 9.26 Å². The molecule has 1 aromatic rings. The molecule has 0 amide bonds.